The second-order valence-electron chi connectivity index (χ2n) is 7.66. The molecular weight excluding hydrogens is 298 g/mol. The molecular formula is C21H43NO2. The summed E-state index contributed by atoms with van der Waals surface area (Å²) in [7, 11) is 6.19. The molecule has 0 amide bonds. The molecule has 0 aliphatic heterocycles. The first-order valence-electron chi connectivity index (χ1n) is 9.98. The molecule has 0 saturated carbocycles. The molecule has 0 bridgehead atoms. The van der Waals surface area contributed by atoms with E-state index in [2.05, 4.69) is 34.6 Å². The maximum atomic E-state index is 10.2. The summed E-state index contributed by atoms with van der Waals surface area (Å²) in [6.45, 7) is 5.86. The molecule has 0 fully saturated rings. The van der Waals surface area contributed by atoms with Crippen LogP contribution in [0.25, 0.3) is 0 Å². The van der Waals surface area contributed by atoms with E-state index in [0.717, 1.165) is 17.3 Å². The first kappa shape index (κ1) is 25.4. The van der Waals surface area contributed by atoms with Crippen LogP contribution in [-0.4, -0.2) is 31.6 Å². The van der Waals surface area contributed by atoms with Crippen LogP contribution in [0.15, 0.2) is 12.8 Å². The Balaban J connectivity index is 0. The third-order valence-electron chi connectivity index (χ3n) is 4.03. The quantitative estimate of drug-likeness (QED) is 0.309. The number of unbranched alkanes of at least 4 members (excludes halogenated alkanes) is 12. The molecule has 0 saturated heterocycles. The van der Waals surface area contributed by atoms with Gasteiger partial charge in [0.2, 0.25) is 0 Å². The molecule has 0 heterocycles. The van der Waals surface area contributed by atoms with E-state index < -0.39 is 5.97 Å². The minimum atomic E-state index is -0.905. The van der Waals surface area contributed by atoms with Gasteiger partial charge in [-0.1, -0.05) is 84.0 Å². The Kier molecular flexibility index (Phi) is 19.6. The van der Waals surface area contributed by atoms with Crippen LogP contribution < -0.4 is 5.11 Å². The molecule has 0 radical (unpaired) electrons. The molecule has 0 aromatic carbocycles. The number of carboxylic acids is 1. The summed E-state index contributed by atoms with van der Waals surface area (Å²) in [6, 6.07) is 0. The molecule has 0 aromatic heterocycles. The summed E-state index contributed by atoms with van der Waals surface area (Å²) in [5, 5.41) is 10.2. The largest absolute Gasteiger partial charge is 0.550 e. The van der Waals surface area contributed by atoms with Crippen LogP contribution in [0.3, 0.4) is 0 Å². The maximum Gasteiger partial charge on any atom is 0.0879 e. The van der Waals surface area contributed by atoms with Crippen molar-refractivity contribution in [3.05, 3.63) is 12.8 Å². The van der Waals surface area contributed by atoms with E-state index >= 15 is 0 Å². The number of nitrogens with zero attached hydrogens (tertiary/aromatic N) is 1. The molecule has 0 unspecified atom stereocenters. The van der Waals surface area contributed by atoms with Crippen molar-refractivity contribution < 1.29 is 14.4 Å². The summed E-state index contributed by atoms with van der Waals surface area (Å²) in [4.78, 5) is 10.2. The minimum Gasteiger partial charge on any atom is -0.550 e. The summed E-state index contributed by atoms with van der Waals surface area (Å²) >= 11 is 0. The van der Waals surface area contributed by atoms with E-state index in [0.29, 0.717) is 0 Å². The van der Waals surface area contributed by atoms with Crippen molar-refractivity contribution >= 4 is 5.97 Å². The van der Waals surface area contributed by atoms with Gasteiger partial charge in [-0.05, 0) is 19.4 Å². The summed E-state index contributed by atoms with van der Waals surface area (Å²) in [5.74, 6) is -0.905. The van der Waals surface area contributed by atoms with Crippen molar-refractivity contribution in [1.82, 2.24) is 0 Å². The standard InChI is InChI=1S/C16H32O2.C5H12N/c1-2-3-4-5-6-7-8-9-10-11-12-13-14-15-16(17)18;1-5-6(2,3)4/h2-15H2,1H3,(H,17,18);5H,1H2,2-4H3/q;+1/p-1. The van der Waals surface area contributed by atoms with Crippen LogP contribution in [0.5, 0.6) is 0 Å². The van der Waals surface area contributed by atoms with Crippen LogP contribution in [0.1, 0.15) is 96.8 Å². The van der Waals surface area contributed by atoms with Crippen LogP contribution in [0.4, 0.5) is 0 Å². The number of carboxylic acid groups (broad SMARTS) is 1. The average molecular weight is 342 g/mol. The first-order valence-corrected chi connectivity index (χ1v) is 9.98. The third-order valence-corrected chi connectivity index (χ3v) is 4.03. The predicted octanol–water partition coefficient (Wildman–Crippen LogP) is 5.05. The lowest BCUT2D eigenvalue weighted by molar-refractivity contribution is -0.816. The fourth-order valence-electron chi connectivity index (χ4n) is 2.29. The molecule has 0 aromatic rings. The van der Waals surface area contributed by atoms with Gasteiger partial charge in [-0.2, -0.15) is 0 Å². The molecule has 0 atom stereocenters. The predicted molar refractivity (Wildman–Crippen MR) is 104 cm³/mol. The fraction of sp³-hybridized carbons (Fsp3) is 0.857. The van der Waals surface area contributed by atoms with E-state index in [1.807, 2.05) is 6.20 Å². The van der Waals surface area contributed by atoms with Gasteiger partial charge in [0.25, 0.3) is 0 Å². The van der Waals surface area contributed by atoms with Crippen LogP contribution in [0.2, 0.25) is 0 Å². The van der Waals surface area contributed by atoms with Crippen molar-refractivity contribution in [2.75, 3.05) is 21.1 Å². The molecule has 24 heavy (non-hydrogen) atoms. The van der Waals surface area contributed by atoms with Gasteiger partial charge in [0.05, 0.1) is 27.3 Å². The highest BCUT2D eigenvalue weighted by molar-refractivity contribution is 5.63. The van der Waals surface area contributed by atoms with Crippen molar-refractivity contribution in [1.29, 1.82) is 0 Å². The number of carbonyl (C=O) groups excluding carboxylic acids is 1. The molecule has 0 aliphatic carbocycles. The number of carbonyl (C=O) groups is 1. The molecule has 0 N–H and O–H groups in total. The number of aliphatic carboxylic acids is 1. The highest BCUT2D eigenvalue weighted by Gasteiger charge is 1.94. The Morgan fingerprint density at radius 1 is 0.792 bits per heavy atom. The second kappa shape index (κ2) is 18.5. The smallest absolute Gasteiger partial charge is 0.0879 e. The summed E-state index contributed by atoms with van der Waals surface area (Å²) < 4.78 is 0.833. The fourth-order valence-corrected chi connectivity index (χ4v) is 2.29. The highest BCUT2D eigenvalue weighted by atomic mass is 16.4. The Morgan fingerprint density at radius 3 is 1.33 bits per heavy atom. The normalized spacial score (nSPS) is 10.8. The van der Waals surface area contributed by atoms with Crippen molar-refractivity contribution in [2.45, 2.75) is 96.8 Å². The monoisotopic (exact) mass is 341 g/mol. The van der Waals surface area contributed by atoms with Crippen LogP contribution in [-0.2, 0) is 4.79 Å². The van der Waals surface area contributed by atoms with Gasteiger partial charge < -0.3 is 14.4 Å². The van der Waals surface area contributed by atoms with Gasteiger partial charge in [-0.25, -0.2) is 0 Å². The highest BCUT2D eigenvalue weighted by Crippen LogP contribution is 2.12. The lowest BCUT2D eigenvalue weighted by Crippen LogP contribution is -2.25. The number of rotatable bonds is 15. The molecule has 0 aliphatic rings. The topological polar surface area (TPSA) is 40.1 Å². The Labute approximate surface area is 151 Å². The molecule has 0 spiro atoms. The van der Waals surface area contributed by atoms with Gasteiger partial charge in [-0.3, -0.25) is 0 Å². The zero-order chi connectivity index (χ0) is 18.7. The van der Waals surface area contributed by atoms with Crippen LogP contribution in [0, 0.1) is 0 Å². The third kappa shape index (κ3) is 29.2. The van der Waals surface area contributed by atoms with E-state index in [-0.39, 0.29) is 6.42 Å². The van der Waals surface area contributed by atoms with Crippen LogP contribution >= 0.6 is 0 Å². The molecule has 3 nitrogen and oxygen atoms in total. The zero-order valence-electron chi connectivity index (χ0n) is 16.9. The first-order chi connectivity index (χ1) is 11.3. The molecule has 0 rings (SSSR count). The zero-order valence-corrected chi connectivity index (χ0v) is 16.9. The van der Waals surface area contributed by atoms with Gasteiger partial charge in [-0.15, -0.1) is 0 Å². The minimum absolute atomic E-state index is 0.234. The van der Waals surface area contributed by atoms with Gasteiger partial charge in [0.15, 0.2) is 0 Å². The van der Waals surface area contributed by atoms with Crippen molar-refractivity contribution in [3.63, 3.8) is 0 Å². The SMILES string of the molecule is C=C[N+](C)(C)C.CCCCCCCCCCCCCCCC(=O)[O-]. The second-order valence-corrected chi connectivity index (χ2v) is 7.66. The average Bonchev–Trinajstić information content (AvgIpc) is 2.51. The van der Waals surface area contributed by atoms with E-state index in [4.69, 9.17) is 0 Å². The maximum absolute atomic E-state index is 10.2. The summed E-state index contributed by atoms with van der Waals surface area (Å²) in [6.07, 6.45) is 18.8. The van der Waals surface area contributed by atoms with Gasteiger partial charge in [0.1, 0.15) is 0 Å². The number of quaternary nitrogens is 1. The van der Waals surface area contributed by atoms with Gasteiger partial charge in [0, 0.05) is 5.97 Å². The van der Waals surface area contributed by atoms with E-state index in [1.54, 1.807) is 0 Å². The Hall–Kier alpha value is -0.830. The Bertz CT molecular complexity index is 282. The number of hydrogen-bond donors (Lipinski definition) is 0. The lowest BCUT2D eigenvalue weighted by Gasteiger charge is -2.15. The molecule has 144 valence electrons. The van der Waals surface area contributed by atoms with Crippen molar-refractivity contribution in [2.24, 2.45) is 0 Å². The van der Waals surface area contributed by atoms with E-state index in [9.17, 15) is 9.90 Å². The summed E-state index contributed by atoms with van der Waals surface area (Å²) in [5.41, 5.74) is 0. The van der Waals surface area contributed by atoms with Crippen molar-refractivity contribution in [3.8, 4) is 0 Å². The number of hydrogen-bond acceptors (Lipinski definition) is 2. The van der Waals surface area contributed by atoms with Gasteiger partial charge >= 0.3 is 0 Å². The molecule has 3 heteroatoms. The Morgan fingerprint density at radius 2 is 1.08 bits per heavy atom. The lowest BCUT2D eigenvalue weighted by atomic mass is 10.0. The van der Waals surface area contributed by atoms with E-state index in [1.165, 1.54) is 70.6 Å².